The topological polar surface area (TPSA) is 75.5 Å². The zero-order chi connectivity index (χ0) is 20.1. The Balaban J connectivity index is 1.95. The summed E-state index contributed by atoms with van der Waals surface area (Å²) < 4.78 is 17.5. The number of halogens is 2. The number of carbonyl (C=O) groups excluding carboxylic acids is 1. The molecule has 1 aromatic heterocycles. The Hall–Kier alpha value is -2.77. The molecule has 0 aliphatic rings. The van der Waals surface area contributed by atoms with E-state index in [0.717, 1.165) is 11.3 Å². The van der Waals surface area contributed by atoms with Crippen LogP contribution in [0.3, 0.4) is 0 Å². The van der Waals surface area contributed by atoms with Gasteiger partial charge in [0.1, 0.15) is 11.5 Å². The summed E-state index contributed by atoms with van der Waals surface area (Å²) in [6.45, 7) is 2.22. The second-order valence-electron chi connectivity index (χ2n) is 5.65. The van der Waals surface area contributed by atoms with Crippen molar-refractivity contribution in [2.75, 3.05) is 13.7 Å². The van der Waals surface area contributed by atoms with Crippen molar-refractivity contribution in [1.82, 2.24) is 15.0 Å². The Morgan fingerprint density at radius 2 is 1.89 bits per heavy atom. The van der Waals surface area contributed by atoms with Crippen molar-refractivity contribution in [2.45, 2.75) is 13.5 Å². The van der Waals surface area contributed by atoms with Gasteiger partial charge in [-0.1, -0.05) is 40.5 Å². The van der Waals surface area contributed by atoms with E-state index < -0.39 is 5.97 Å². The number of hydrogen-bond acceptors (Lipinski definition) is 6. The second kappa shape index (κ2) is 8.95. The summed E-state index contributed by atoms with van der Waals surface area (Å²) in [7, 11) is 1.60. The summed E-state index contributed by atoms with van der Waals surface area (Å²) in [5.74, 6) is 0.538. The van der Waals surface area contributed by atoms with Crippen molar-refractivity contribution in [3.8, 4) is 17.4 Å². The fourth-order valence-electron chi connectivity index (χ4n) is 2.40. The largest absolute Gasteiger partial charge is 0.497 e. The van der Waals surface area contributed by atoms with Gasteiger partial charge in [0.2, 0.25) is 5.69 Å². The molecule has 0 saturated heterocycles. The Morgan fingerprint density at radius 3 is 2.54 bits per heavy atom. The highest BCUT2D eigenvalue weighted by atomic mass is 35.5. The van der Waals surface area contributed by atoms with E-state index in [1.165, 1.54) is 4.68 Å². The van der Waals surface area contributed by atoms with E-state index in [-0.39, 0.29) is 18.2 Å². The van der Waals surface area contributed by atoms with Crippen LogP contribution in [0.2, 0.25) is 10.0 Å². The molecule has 3 aromatic rings. The molecule has 28 heavy (non-hydrogen) atoms. The molecule has 0 spiro atoms. The number of nitrogens with zero attached hydrogens (tertiary/aromatic N) is 3. The third-order valence-corrected chi connectivity index (χ3v) is 4.28. The van der Waals surface area contributed by atoms with E-state index in [1.807, 2.05) is 24.3 Å². The van der Waals surface area contributed by atoms with Gasteiger partial charge in [-0.2, -0.15) is 0 Å². The third-order valence-electron chi connectivity index (χ3n) is 3.75. The van der Waals surface area contributed by atoms with Crippen LogP contribution >= 0.6 is 23.2 Å². The van der Waals surface area contributed by atoms with Gasteiger partial charge < -0.3 is 14.2 Å². The van der Waals surface area contributed by atoms with Crippen LogP contribution in [0, 0.1) is 0 Å². The molecule has 0 N–H and O–H groups in total. The van der Waals surface area contributed by atoms with E-state index in [0.29, 0.717) is 22.3 Å². The lowest BCUT2D eigenvalue weighted by Gasteiger charge is -2.11. The molecule has 3 rings (SSSR count). The average molecular weight is 422 g/mol. The lowest BCUT2D eigenvalue weighted by atomic mass is 10.2. The second-order valence-corrected chi connectivity index (χ2v) is 6.49. The molecule has 2 aromatic carbocycles. The fraction of sp³-hybridized carbons (Fsp3) is 0.211. The average Bonchev–Trinajstić information content (AvgIpc) is 3.07. The Labute approximate surface area is 171 Å². The van der Waals surface area contributed by atoms with Crippen LogP contribution in [0.15, 0.2) is 42.5 Å². The van der Waals surface area contributed by atoms with Gasteiger partial charge in [-0.25, -0.2) is 9.48 Å². The molecule has 1 heterocycles. The van der Waals surface area contributed by atoms with Crippen molar-refractivity contribution in [3.05, 3.63) is 63.8 Å². The van der Waals surface area contributed by atoms with Crippen molar-refractivity contribution >= 4 is 29.2 Å². The molecule has 0 bridgehead atoms. The standard InChI is InChI=1S/C19H17Cl2N3O4/c1-3-27-19(25)17-18(28-16-9-6-13(20)10-15(16)21)24(23-22-17)11-12-4-7-14(26-2)8-5-12/h4-10H,3,11H2,1-2H3. The minimum atomic E-state index is -0.636. The molecule has 146 valence electrons. The molecule has 9 heteroatoms. The number of methoxy groups -OCH3 is 1. The van der Waals surface area contributed by atoms with Gasteiger partial charge in [0.05, 0.1) is 25.3 Å². The maximum atomic E-state index is 12.3. The highest BCUT2D eigenvalue weighted by Gasteiger charge is 2.24. The van der Waals surface area contributed by atoms with Crippen LogP contribution in [0.4, 0.5) is 0 Å². The van der Waals surface area contributed by atoms with Crippen LogP contribution in [-0.2, 0) is 11.3 Å². The van der Waals surface area contributed by atoms with Crippen LogP contribution in [0.5, 0.6) is 17.4 Å². The zero-order valence-electron chi connectivity index (χ0n) is 15.2. The summed E-state index contributed by atoms with van der Waals surface area (Å²) in [6.07, 6.45) is 0. The normalized spacial score (nSPS) is 10.6. The first-order valence-electron chi connectivity index (χ1n) is 8.38. The number of rotatable bonds is 7. The van der Waals surface area contributed by atoms with Gasteiger partial charge in [-0.05, 0) is 42.8 Å². The van der Waals surface area contributed by atoms with Gasteiger partial charge in [0.25, 0.3) is 5.88 Å². The van der Waals surface area contributed by atoms with Crippen molar-refractivity contribution in [3.63, 3.8) is 0 Å². The SMILES string of the molecule is CCOC(=O)c1nnn(Cc2ccc(OC)cc2)c1Oc1ccc(Cl)cc1Cl. The molecule has 7 nitrogen and oxygen atoms in total. The fourth-order valence-corrected chi connectivity index (χ4v) is 2.85. The smallest absolute Gasteiger partial charge is 0.364 e. The van der Waals surface area contributed by atoms with Crippen LogP contribution in [0.25, 0.3) is 0 Å². The van der Waals surface area contributed by atoms with Gasteiger partial charge in [0.15, 0.2) is 0 Å². The molecular weight excluding hydrogens is 405 g/mol. The summed E-state index contributed by atoms with van der Waals surface area (Å²) in [5.41, 5.74) is 0.870. The van der Waals surface area contributed by atoms with Crippen LogP contribution in [-0.4, -0.2) is 34.7 Å². The highest BCUT2D eigenvalue weighted by Crippen LogP contribution is 2.33. The number of ether oxygens (including phenoxy) is 3. The monoisotopic (exact) mass is 421 g/mol. The Kier molecular flexibility index (Phi) is 6.38. The van der Waals surface area contributed by atoms with Gasteiger partial charge in [-0.15, -0.1) is 5.10 Å². The quantitative estimate of drug-likeness (QED) is 0.518. The van der Waals surface area contributed by atoms with E-state index in [9.17, 15) is 4.79 Å². The van der Waals surface area contributed by atoms with Crippen LogP contribution < -0.4 is 9.47 Å². The van der Waals surface area contributed by atoms with Gasteiger partial charge >= 0.3 is 5.97 Å². The predicted molar refractivity (Wildman–Crippen MR) is 105 cm³/mol. The Morgan fingerprint density at radius 1 is 1.14 bits per heavy atom. The first kappa shape index (κ1) is 20.0. The summed E-state index contributed by atoms with van der Waals surface area (Å²) in [4.78, 5) is 12.3. The van der Waals surface area contributed by atoms with E-state index >= 15 is 0 Å². The number of carbonyl (C=O) groups is 1. The van der Waals surface area contributed by atoms with Crippen molar-refractivity contribution in [1.29, 1.82) is 0 Å². The van der Waals surface area contributed by atoms with E-state index in [4.69, 9.17) is 37.4 Å². The third kappa shape index (κ3) is 4.55. The molecule has 0 fully saturated rings. The lowest BCUT2D eigenvalue weighted by Crippen LogP contribution is -2.09. The number of esters is 1. The lowest BCUT2D eigenvalue weighted by molar-refractivity contribution is 0.0516. The molecule has 0 aliphatic heterocycles. The first-order chi connectivity index (χ1) is 13.5. The van der Waals surface area contributed by atoms with Crippen molar-refractivity contribution < 1.29 is 19.0 Å². The molecular formula is C19H17Cl2N3O4. The maximum Gasteiger partial charge on any atom is 0.364 e. The van der Waals surface area contributed by atoms with Gasteiger partial charge in [0, 0.05) is 5.02 Å². The van der Waals surface area contributed by atoms with Crippen molar-refractivity contribution in [2.24, 2.45) is 0 Å². The molecule has 0 saturated carbocycles. The molecule has 0 atom stereocenters. The zero-order valence-corrected chi connectivity index (χ0v) is 16.7. The predicted octanol–water partition coefficient (Wildman–Crippen LogP) is 4.61. The van der Waals surface area contributed by atoms with Gasteiger partial charge in [-0.3, -0.25) is 0 Å². The summed E-state index contributed by atoms with van der Waals surface area (Å²) >= 11 is 12.1. The first-order valence-corrected chi connectivity index (χ1v) is 9.13. The van der Waals surface area contributed by atoms with E-state index in [1.54, 1.807) is 32.2 Å². The minimum Gasteiger partial charge on any atom is -0.497 e. The molecule has 0 unspecified atom stereocenters. The highest BCUT2D eigenvalue weighted by molar-refractivity contribution is 6.35. The minimum absolute atomic E-state index is 0.0404. The number of hydrogen-bond donors (Lipinski definition) is 0. The summed E-state index contributed by atoms with van der Waals surface area (Å²) in [6, 6.07) is 12.2. The molecule has 0 amide bonds. The summed E-state index contributed by atoms with van der Waals surface area (Å²) in [5, 5.41) is 8.73. The van der Waals surface area contributed by atoms with E-state index in [2.05, 4.69) is 10.3 Å². The number of benzene rings is 2. The molecule has 0 radical (unpaired) electrons. The maximum absolute atomic E-state index is 12.3. The van der Waals surface area contributed by atoms with Crippen LogP contribution in [0.1, 0.15) is 23.0 Å². The Bertz CT molecular complexity index is 974. The molecule has 0 aliphatic carbocycles. The number of aromatic nitrogens is 3.